The summed E-state index contributed by atoms with van der Waals surface area (Å²) in [5.74, 6) is -0.226. The molecule has 31 heavy (non-hydrogen) atoms. The van der Waals surface area contributed by atoms with Crippen molar-refractivity contribution in [1.29, 1.82) is 0 Å². The maximum Gasteiger partial charge on any atom is 0.255 e. The number of carbonyl (C=O) groups is 2. The molecule has 2 amide bonds. The molecule has 0 saturated heterocycles. The molecule has 1 aliphatic heterocycles. The van der Waals surface area contributed by atoms with E-state index in [-0.39, 0.29) is 22.6 Å². The molecule has 0 radical (unpaired) electrons. The number of rotatable bonds is 6. The second kappa shape index (κ2) is 8.05. The van der Waals surface area contributed by atoms with Crippen LogP contribution >= 0.6 is 11.3 Å². The summed E-state index contributed by atoms with van der Waals surface area (Å²) in [7, 11) is -3.33. The van der Waals surface area contributed by atoms with Gasteiger partial charge in [-0.15, -0.1) is 0 Å². The highest BCUT2D eigenvalue weighted by Crippen LogP contribution is 2.30. The van der Waals surface area contributed by atoms with E-state index < -0.39 is 15.9 Å². The Bertz CT molecular complexity index is 1280. The minimum atomic E-state index is -3.33. The molecule has 1 atom stereocenters. The van der Waals surface area contributed by atoms with Gasteiger partial charge in [0.25, 0.3) is 5.91 Å². The van der Waals surface area contributed by atoms with Crippen LogP contribution in [0.1, 0.15) is 36.2 Å². The van der Waals surface area contributed by atoms with Crippen LogP contribution in [0, 0.1) is 5.92 Å². The van der Waals surface area contributed by atoms with Crippen LogP contribution in [-0.2, 0) is 21.2 Å². The molecular formula is C22H23N3O4S2. The van der Waals surface area contributed by atoms with Gasteiger partial charge in [-0.2, -0.15) is 0 Å². The van der Waals surface area contributed by atoms with Crippen LogP contribution in [0.2, 0.25) is 0 Å². The summed E-state index contributed by atoms with van der Waals surface area (Å²) in [5.41, 5.74) is 2.16. The molecule has 0 spiro atoms. The molecule has 9 heteroatoms. The quantitative estimate of drug-likeness (QED) is 0.609. The Morgan fingerprint density at radius 1 is 1.23 bits per heavy atom. The average Bonchev–Trinajstić information content (AvgIpc) is 3.25. The van der Waals surface area contributed by atoms with Crippen molar-refractivity contribution in [3.63, 3.8) is 0 Å². The lowest BCUT2D eigenvalue weighted by Gasteiger charge is -2.27. The van der Waals surface area contributed by atoms with E-state index in [0.717, 1.165) is 11.8 Å². The topological polar surface area (TPSA) is 96.4 Å². The van der Waals surface area contributed by atoms with Gasteiger partial charge < -0.3 is 10.2 Å². The normalized spacial score (nSPS) is 14.8. The van der Waals surface area contributed by atoms with Crippen molar-refractivity contribution >= 4 is 48.3 Å². The van der Waals surface area contributed by atoms with Crippen molar-refractivity contribution in [3.05, 3.63) is 53.6 Å². The summed E-state index contributed by atoms with van der Waals surface area (Å²) < 4.78 is 24.3. The number of fused-ring (bicyclic) bond motifs is 2. The fraction of sp³-hybridized carbons (Fsp3) is 0.318. The Labute approximate surface area is 185 Å². The molecule has 0 saturated carbocycles. The summed E-state index contributed by atoms with van der Waals surface area (Å²) in [6.07, 6.45) is 1.67. The fourth-order valence-electron chi connectivity index (χ4n) is 3.73. The lowest BCUT2D eigenvalue weighted by Crippen LogP contribution is -2.45. The Hall–Kier alpha value is -2.78. The van der Waals surface area contributed by atoms with Gasteiger partial charge >= 0.3 is 0 Å². The number of hydrogen-bond acceptors (Lipinski definition) is 6. The Morgan fingerprint density at radius 2 is 1.97 bits per heavy atom. The van der Waals surface area contributed by atoms with Crippen LogP contribution in [0.15, 0.2) is 47.4 Å². The molecule has 3 aromatic rings. The average molecular weight is 458 g/mol. The molecule has 1 aromatic heterocycles. The number of sulfone groups is 1. The van der Waals surface area contributed by atoms with Gasteiger partial charge in [0, 0.05) is 18.4 Å². The summed E-state index contributed by atoms with van der Waals surface area (Å²) in [6.45, 7) is 4.42. The number of nitrogens with one attached hydrogen (secondary N) is 1. The first-order chi connectivity index (χ1) is 14.6. The van der Waals surface area contributed by atoms with Gasteiger partial charge in [0.15, 0.2) is 15.0 Å². The number of hydrogen-bond donors (Lipinski definition) is 1. The second-order valence-electron chi connectivity index (χ2n) is 8.15. The van der Waals surface area contributed by atoms with Crippen LogP contribution in [0.4, 0.5) is 5.13 Å². The highest BCUT2D eigenvalue weighted by molar-refractivity contribution is 7.90. The first kappa shape index (κ1) is 21.5. The molecule has 0 aliphatic carbocycles. The van der Waals surface area contributed by atoms with E-state index in [9.17, 15) is 18.0 Å². The number of thiazole rings is 1. The maximum absolute atomic E-state index is 13.2. The summed E-state index contributed by atoms with van der Waals surface area (Å²) in [6, 6.07) is 11.5. The van der Waals surface area contributed by atoms with Crippen LogP contribution in [0.5, 0.6) is 0 Å². The second-order valence-corrected chi connectivity index (χ2v) is 11.2. The zero-order valence-corrected chi connectivity index (χ0v) is 19.1. The Balaban J connectivity index is 1.59. The molecule has 0 fully saturated rings. The predicted octanol–water partition coefficient (Wildman–Crippen LogP) is 3.71. The summed E-state index contributed by atoms with van der Waals surface area (Å²) in [5, 5.41) is 3.22. The van der Waals surface area contributed by atoms with Crippen molar-refractivity contribution in [2.24, 2.45) is 5.92 Å². The van der Waals surface area contributed by atoms with E-state index >= 15 is 0 Å². The molecule has 1 aliphatic rings. The molecule has 7 nitrogen and oxygen atoms in total. The number of amides is 2. The van der Waals surface area contributed by atoms with Crippen molar-refractivity contribution in [2.75, 3.05) is 11.6 Å². The third-order valence-electron chi connectivity index (χ3n) is 5.24. The van der Waals surface area contributed by atoms with E-state index in [0.29, 0.717) is 33.9 Å². The first-order valence-corrected chi connectivity index (χ1v) is 12.6. The number of benzene rings is 2. The smallest absolute Gasteiger partial charge is 0.255 e. The van der Waals surface area contributed by atoms with E-state index in [2.05, 4.69) is 10.3 Å². The molecule has 162 valence electrons. The highest BCUT2D eigenvalue weighted by atomic mass is 32.2. The minimum absolute atomic E-state index is 0.140. The Kier molecular flexibility index (Phi) is 5.57. The standard InChI is InChI=1S/C22H23N3O4S2/c1-13(2)10-18(25-12-14-6-4-5-7-16(14)21(25)27)20(26)24-22-23-17-9-8-15(31(3,28)29)11-19(17)30-22/h4-9,11,13,18H,10,12H2,1-3H3,(H,23,24,26)/t18-/m0/s1. The van der Waals surface area contributed by atoms with Crippen LogP contribution < -0.4 is 5.32 Å². The lowest BCUT2D eigenvalue weighted by molar-refractivity contribution is -0.121. The maximum atomic E-state index is 13.2. The van der Waals surface area contributed by atoms with Gasteiger partial charge in [0.2, 0.25) is 5.91 Å². The number of carbonyl (C=O) groups excluding carboxylic acids is 2. The van der Waals surface area contributed by atoms with E-state index in [1.807, 2.05) is 32.0 Å². The number of anilines is 1. The van der Waals surface area contributed by atoms with Gasteiger partial charge in [-0.25, -0.2) is 13.4 Å². The zero-order valence-electron chi connectivity index (χ0n) is 17.5. The zero-order chi connectivity index (χ0) is 22.3. The lowest BCUT2D eigenvalue weighted by atomic mass is 10.0. The number of nitrogens with zero attached hydrogens (tertiary/aromatic N) is 2. The van der Waals surface area contributed by atoms with E-state index in [1.165, 1.54) is 17.4 Å². The monoisotopic (exact) mass is 457 g/mol. The first-order valence-electron chi connectivity index (χ1n) is 9.94. The summed E-state index contributed by atoms with van der Waals surface area (Å²) in [4.78, 5) is 32.4. The van der Waals surface area contributed by atoms with Gasteiger partial charge in [0.1, 0.15) is 6.04 Å². The van der Waals surface area contributed by atoms with Gasteiger partial charge in [0.05, 0.1) is 15.1 Å². The minimum Gasteiger partial charge on any atom is -0.322 e. The number of aromatic nitrogens is 1. The molecule has 0 unspecified atom stereocenters. The molecular weight excluding hydrogens is 434 g/mol. The van der Waals surface area contributed by atoms with Crippen molar-refractivity contribution in [3.8, 4) is 0 Å². The van der Waals surface area contributed by atoms with Crippen molar-refractivity contribution in [2.45, 2.75) is 37.8 Å². The predicted molar refractivity (Wildman–Crippen MR) is 121 cm³/mol. The van der Waals surface area contributed by atoms with E-state index in [4.69, 9.17) is 0 Å². The fourth-order valence-corrected chi connectivity index (χ4v) is 5.36. The molecule has 2 heterocycles. The summed E-state index contributed by atoms with van der Waals surface area (Å²) >= 11 is 1.21. The molecule has 0 bridgehead atoms. The van der Waals surface area contributed by atoms with Gasteiger partial charge in [-0.1, -0.05) is 43.4 Å². The largest absolute Gasteiger partial charge is 0.322 e. The van der Waals surface area contributed by atoms with Crippen LogP contribution in [-0.4, -0.2) is 42.4 Å². The Morgan fingerprint density at radius 3 is 2.65 bits per heavy atom. The van der Waals surface area contributed by atoms with Crippen molar-refractivity contribution in [1.82, 2.24) is 9.88 Å². The van der Waals surface area contributed by atoms with Gasteiger partial charge in [-0.05, 0) is 42.2 Å². The third-order valence-corrected chi connectivity index (χ3v) is 7.28. The van der Waals surface area contributed by atoms with E-state index in [1.54, 1.807) is 23.1 Å². The highest BCUT2D eigenvalue weighted by Gasteiger charge is 2.36. The van der Waals surface area contributed by atoms with Gasteiger partial charge in [-0.3, -0.25) is 9.59 Å². The third kappa shape index (κ3) is 4.33. The van der Waals surface area contributed by atoms with Crippen molar-refractivity contribution < 1.29 is 18.0 Å². The molecule has 2 aromatic carbocycles. The van der Waals surface area contributed by atoms with Crippen LogP contribution in [0.25, 0.3) is 10.2 Å². The SMILES string of the molecule is CC(C)C[C@@H](C(=O)Nc1nc2ccc(S(C)(=O)=O)cc2s1)N1Cc2ccccc2C1=O. The molecule has 4 rings (SSSR count). The van der Waals surface area contributed by atoms with Crippen LogP contribution in [0.3, 0.4) is 0 Å². The molecule has 1 N–H and O–H groups in total.